The van der Waals surface area contributed by atoms with Crippen molar-refractivity contribution >= 4 is 17.4 Å². The average Bonchev–Trinajstić information content (AvgIpc) is 2.49. The van der Waals surface area contributed by atoms with Gasteiger partial charge in [0.1, 0.15) is 5.84 Å². The first-order valence-electron chi connectivity index (χ1n) is 6.63. The van der Waals surface area contributed by atoms with Gasteiger partial charge in [-0.05, 0) is 30.4 Å². The number of aromatic nitrogens is 2. The summed E-state index contributed by atoms with van der Waals surface area (Å²) in [6.07, 6.45) is 6.23. The number of benzene rings is 1. The molecule has 1 heterocycles. The molecule has 0 saturated carbocycles. The maximum Gasteiger partial charge on any atom is 0.171 e. The van der Waals surface area contributed by atoms with Crippen molar-refractivity contribution in [3.05, 3.63) is 58.4 Å². The Labute approximate surface area is 122 Å². The second-order valence-electron chi connectivity index (χ2n) is 4.97. The van der Waals surface area contributed by atoms with Crippen LogP contribution in [0.3, 0.4) is 0 Å². The monoisotopic (exact) mass is 286 g/mol. The summed E-state index contributed by atoms with van der Waals surface area (Å²) in [4.78, 5) is 3.87. The molecular weight excluding hydrogens is 272 g/mol. The Balaban J connectivity index is 2.04. The number of nitrogens with zero attached hydrogens (tertiary/aromatic N) is 2. The molecule has 1 aliphatic carbocycles. The first-order chi connectivity index (χ1) is 9.68. The highest BCUT2D eigenvalue weighted by Gasteiger charge is 2.24. The van der Waals surface area contributed by atoms with Crippen LogP contribution in [0.4, 0.5) is 0 Å². The lowest BCUT2D eigenvalue weighted by molar-refractivity contribution is 0.633. The highest BCUT2D eigenvalue weighted by atomic mass is 35.5. The normalized spacial score (nSPS) is 17.6. The van der Waals surface area contributed by atoms with E-state index in [1.165, 1.54) is 21.9 Å². The summed E-state index contributed by atoms with van der Waals surface area (Å²) in [7, 11) is 0. The Bertz CT molecular complexity index is 720. The summed E-state index contributed by atoms with van der Waals surface area (Å²) in [6.45, 7) is 0. The predicted molar refractivity (Wildman–Crippen MR) is 78.3 cm³/mol. The molecule has 1 atom stereocenters. The molecule has 2 N–H and O–H groups in total. The lowest BCUT2D eigenvalue weighted by Gasteiger charge is -2.26. The zero-order valence-electron chi connectivity index (χ0n) is 10.9. The van der Waals surface area contributed by atoms with E-state index in [4.69, 9.17) is 22.4 Å². The Morgan fingerprint density at radius 2 is 2.15 bits per heavy atom. The standard InChI is InChI=1S/C15H15ClN4/c16-13-15(18)20(9-8-19-13)14(17)12-7-3-5-10-4-1-2-6-11(10)12/h1-2,4,6,8-9,12,17-18H,3,5,7H2. The third-order valence-electron chi connectivity index (χ3n) is 3.80. The van der Waals surface area contributed by atoms with E-state index in [0.29, 0.717) is 5.84 Å². The SMILES string of the molecule is N=C(C1CCCc2ccccc21)n1ccnc(Cl)c1=N. The third kappa shape index (κ3) is 2.16. The molecule has 1 aromatic heterocycles. The summed E-state index contributed by atoms with van der Waals surface area (Å²) < 4.78 is 1.52. The fourth-order valence-electron chi connectivity index (χ4n) is 2.81. The van der Waals surface area contributed by atoms with Crippen LogP contribution in [0.25, 0.3) is 0 Å². The summed E-state index contributed by atoms with van der Waals surface area (Å²) >= 11 is 5.88. The van der Waals surface area contributed by atoms with Gasteiger partial charge in [-0.15, -0.1) is 0 Å². The molecule has 4 nitrogen and oxygen atoms in total. The minimum absolute atomic E-state index is 0.0208. The summed E-state index contributed by atoms with van der Waals surface area (Å²) in [5, 5.41) is 16.5. The van der Waals surface area contributed by atoms with Gasteiger partial charge in [0.15, 0.2) is 10.6 Å². The second kappa shape index (κ2) is 5.21. The van der Waals surface area contributed by atoms with Gasteiger partial charge in [-0.25, -0.2) is 4.98 Å². The number of fused-ring (bicyclic) bond motifs is 1. The van der Waals surface area contributed by atoms with E-state index in [1.54, 1.807) is 6.20 Å². The molecule has 0 fully saturated rings. The molecule has 0 bridgehead atoms. The van der Waals surface area contributed by atoms with Gasteiger partial charge in [0, 0.05) is 18.3 Å². The zero-order valence-corrected chi connectivity index (χ0v) is 11.7. The van der Waals surface area contributed by atoms with Gasteiger partial charge in [-0.1, -0.05) is 35.9 Å². The third-order valence-corrected chi connectivity index (χ3v) is 4.08. The van der Waals surface area contributed by atoms with Crippen molar-refractivity contribution in [3.8, 4) is 0 Å². The Morgan fingerprint density at radius 3 is 3.00 bits per heavy atom. The van der Waals surface area contributed by atoms with Crippen molar-refractivity contribution in [3.63, 3.8) is 0 Å². The number of hydrogen-bond acceptors (Lipinski definition) is 3. The molecule has 2 aromatic rings. The van der Waals surface area contributed by atoms with E-state index in [9.17, 15) is 0 Å². The van der Waals surface area contributed by atoms with Gasteiger partial charge in [-0.2, -0.15) is 0 Å². The molecule has 0 spiro atoms. The number of aryl methyl sites for hydroxylation is 1. The Morgan fingerprint density at radius 1 is 1.35 bits per heavy atom. The molecule has 0 saturated heterocycles. The van der Waals surface area contributed by atoms with Crippen LogP contribution in [0.5, 0.6) is 0 Å². The van der Waals surface area contributed by atoms with E-state index in [2.05, 4.69) is 17.1 Å². The Kier molecular flexibility index (Phi) is 3.40. The van der Waals surface area contributed by atoms with Crippen LogP contribution in [0.2, 0.25) is 5.15 Å². The van der Waals surface area contributed by atoms with Gasteiger partial charge < -0.3 is 0 Å². The average molecular weight is 287 g/mol. The maximum absolute atomic E-state index is 8.45. The molecule has 0 amide bonds. The molecule has 5 heteroatoms. The van der Waals surface area contributed by atoms with E-state index in [0.717, 1.165) is 19.3 Å². The van der Waals surface area contributed by atoms with Crippen LogP contribution in [0.1, 0.15) is 29.9 Å². The summed E-state index contributed by atoms with van der Waals surface area (Å²) in [5.74, 6) is 0.416. The minimum Gasteiger partial charge on any atom is -0.287 e. The van der Waals surface area contributed by atoms with Crippen LogP contribution >= 0.6 is 11.6 Å². The van der Waals surface area contributed by atoms with Gasteiger partial charge in [-0.3, -0.25) is 15.4 Å². The largest absolute Gasteiger partial charge is 0.287 e. The number of halogens is 1. The molecule has 1 unspecified atom stereocenters. The number of rotatable bonds is 1. The van der Waals surface area contributed by atoms with Crippen molar-refractivity contribution in [2.24, 2.45) is 0 Å². The molecule has 3 rings (SSSR count). The first-order valence-corrected chi connectivity index (χ1v) is 7.00. The fourth-order valence-corrected chi connectivity index (χ4v) is 2.95. The summed E-state index contributed by atoms with van der Waals surface area (Å²) in [5.41, 5.74) is 2.58. The van der Waals surface area contributed by atoms with Crippen molar-refractivity contribution in [1.29, 1.82) is 10.8 Å². The first kappa shape index (κ1) is 13.1. The molecule has 20 heavy (non-hydrogen) atoms. The molecular formula is C15H15ClN4. The topological polar surface area (TPSA) is 65.5 Å². The quantitative estimate of drug-likeness (QED) is 0.614. The van der Waals surface area contributed by atoms with Crippen LogP contribution < -0.4 is 5.49 Å². The fraction of sp³-hybridized carbons (Fsp3) is 0.267. The zero-order chi connectivity index (χ0) is 14.1. The number of hydrogen-bond donors (Lipinski definition) is 2. The minimum atomic E-state index is 0.0208. The van der Waals surface area contributed by atoms with Crippen LogP contribution in [0, 0.1) is 10.8 Å². The van der Waals surface area contributed by atoms with Crippen LogP contribution in [-0.4, -0.2) is 15.4 Å². The highest BCUT2D eigenvalue weighted by molar-refractivity contribution is 6.29. The van der Waals surface area contributed by atoms with Gasteiger partial charge in [0.25, 0.3) is 0 Å². The molecule has 1 aromatic carbocycles. The smallest absolute Gasteiger partial charge is 0.171 e. The van der Waals surface area contributed by atoms with E-state index in [-0.39, 0.29) is 16.6 Å². The van der Waals surface area contributed by atoms with E-state index in [1.807, 2.05) is 12.1 Å². The molecule has 0 radical (unpaired) electrons. The van der Waals surface area contributed by atoms with Gasteiger partial charge in [0.2, 0.25) is 0 Å². The summed E-state index contributed by atoms with van der Waals surface area (Å²) in [6, 6.07) is 8.26. The Hall–Kier alpha value is -1.94. The maximum atomic E-state index is 8.45. The lowest BCUT2D eigenvalue weighted by atomic mass is 9.82. The predicted octanol–water partition coefficient (Wildman–Crippen LogP) is 2.96. The molecule has 0 aliphatic heterocycles. The van der Waals surface area contributed by atoms with Crippen molar-refractivity contribution in [2.45, 2.75) is 25.2 Å². The van der Waals surface area contributed by atoms with Crippen molar-refractivity contribution < 1.29 is 0 Å². The van der Waals surface area contributed by atoms with E-state index >= 15 is 0 Å². The molecule has 102 valence electrons. The highest BCUT2D eigenvalue weighted by Crippen LogP contribution is 2.32. The van der Waals surface area contributed by atoms with Gasteiger partial charge >= 0.3 is 0 Å². The van der Waals surface area contributed by atoms with E-state index < -0.39 is 0 Å². The van der Waals surface area contributed by atoms with Crippen LogP contribution in [-0.2, 0) is 6.42 Å². The second-order valence-corrected chi connectivity index (χ2v) is 5.32. The lowest BCUT2D eigenvalue weighted by Crippen LogP contribution is -2.32. The molecule has 1 aliphatic rings. The van der Waals surface area contributed by atoms with Crippen molar-refractivity contribution in [1.82, 2.24) is 9.55 Å². The van der Waals surface area contributed by atoms with Crippen LogP contribution in [0.15, 0.2) is 36.7 Å². The number of nitrogens with one attached hydrogen (secondary N) is 2. The van der Waals surface area contributed by atoms with Gasteiger partial charge in [0.05, 0.1) is 0 Å². The van der Waals surface area contributed by atoms with Crippen molar-refractivity contribution in [2.75, 3.05) is 0 Å².